The smallest absolute Gasteiger partial charge is 0.0514 e. The first-order chi connectivity index (χ1) is 8.38. The molecule has 1 aliphatic heterocycles. The summed E-state index contributed by atoms with van der Waals surface area (Å²) in [4.78, 5) is 6.63. The van der Waals surface area contributed by atoms with Crippen LogP contribution >= 0.6 is 0 Å². The van der Waals surface area contributed by atoms with Gasteiger partial charge in [-0.05, 0) is 11.6 Å². The molecule has 0 radical (unpaired) electrons. The minimum absolute atomic E-state index is 0.583. The molecule has 1 saturated heterocycles. The summed E-state index contributed by atoms with van der Waals surface area (Å²) in [7, 11) is 1.77. The van der Waals surface area contributed by atoms with Gasteiger partial charge in [0.2, 0.25) is 0 Å². The van der Waals surface area contributed by atoms with Crippen molar-refractivity contribution in [2.24, 2.45) is 5.92 Å². The second-order valence-corrected chi connectivity index (χ2v) is 4.62. The summed E-state index contributed by atoms with van der Waals surface area (Å²) in [6.45, 7) is 6.11. The van der Waals surface area contributed by atoms with Gasteiger partial charge in [-0.15, -0.1) is 0 Å². The first-order valence-electron chi connectivity index (χ1n) is 6.19. The van der Waals surface area contributed by atoms with Crippen LogP contribution in [-0.2, 0) is 11.3 Å². The lowest BCUT2D eigenvalue weighted by Crippen LogP contribution is -2.31. The van der Waals surface area contributed by atoms with E-state index in [9.17, 15) is 0 Å². The Morgan fingerprint density at radius 1 is 1.59 bits per heavy atom. The zero-order valence-corrected chi connectivity index (χ0v) is 10.4. The predicted octanol–water partition coefficient (Wildman–Crippen LogP) is 0.749. The highest BCUT2D eigenvalue weighted by Gasteiger charge is 2.17. The van der Waals surface area contributed by atoms with Gasteiger partial charge in [-0.3, -0.25) is 9.88 Å². The summed E-state index contributed by atoms with van der Waals surface area (Å²) < 4.78 is 5.26. The van der Waals surface area contributed by atoms with Crippen LogP contribution in [0.3, 0.4) is 0 Å². The molecule has 94 valence electrons. The predicted molar refractivity (Wildman–Crippen MR) is 67.7 cm³/mol. The molecule has 1 atom stereocenters. The Balaban J connectivity index is 1.90. The van der Waals surface area contributed by atoms with Crippen LogP contribution in [0.2, 0.25) is 0 Å². The molecule has 0 amide bonds. The molecule has 0 spiro atoms. The Kier molecular flexibility index (Phi) is 4.91. The van der Waals surface area contributed by atoms with Crippen molar-refractivity contribution < 1.29 is 4.74 Å². The van der Waals surface area contributed by atoms with E-state index in [-0.39, 0.29) is 0 Å². The van der Waals surface area contributed by atoms with Crippen LogP contribution in [0.5, 0.6) is 0 Å². The number of hydrogen-bond donors (Lipinski definition) is 1. The standard InChI is InChI=1S/C13H21N3O/c1-17-11-13-8-15-5-6-16(10-13)9-12-3-2-4-14-7-12/h2-4,7,13,15H,5-6,8-11H2,1H3/t13-/m0/s1. The number of ether oxygens (including phenoxy) is 1. The van der Waals surface area contributed by atoms with Gasteiger partial charge in [-0.1, -0.05) is 6.07 Å². The third-order valence-electron chi connectivity index (χ3n) is 3.09. The van der Waals surface area contributed by atoms with Crippen LogP contribution < -0.4 is 5.32 Å². The van der Waals surface area contributed by atoms with Crippen LogP contribution in [-0.4, -0.2) is 49.8 Å². The molecule has 1 aromatic rings. The maximum Gasteiger partial charge on any atom is 0.0514 e. The molecule has 0 aromatic carbocycles. The Morgan fingerprint density at radius 3 is 3.29 bits per heavy atom. The highest BCUT2D eigenvalue weighted by Crippen LogP contribution is 2.08. The average molecular weight is 235 g/mol. The molecule has 4 heteroatoms. The Bertz CT molecular complexity index is 318. The molecule has 0 saturated carbocycles. The largest absolute Gasteiger partial charge is 0.384 e. The fraction of sp³-hybridized carbons (Fsp3) is 0.615. The second-order valence-electron chi connectivity index (χ2n) is 4.62. The summed E-state index contributed by atoms with van der Waals surface area (Å²) in [6.07, 6.45) is 3.77. The topological polar surface area (TPSA) is 37.4 Å². The zero-order chi connectivity index (χ0) is 11.9. The molecule has 4 nitrogen and oxygen atoms in total. The lowest BCUT2D eigenvalue weighted by atomic mass is 10.1. The van der Waals surface area contributed by atoms with Crippen LogP contribution in [0.1, 0.15) is 5.56 Å². The summed E-state index contributed by atoms with van der Waals surface area (Å²) in [5.74, 6) is 0.583. The molecule has 0 unspecified atom stereocenters. The van der Waals surface area contributed by atoms with Crippen LogP contribution in [0.4, 0.5) is 0 Å². The maximum atomic E-state index is 5.26. The lowest BCUT2D eigenvalue weighted by molar-refractivity contribution is 0.129. The van der Waals surface area contributed by atoms with E-state index >= 15 is 0 Å². The Labute approximate surface area is 103 Å². The van der Waals surface area contributed by atoms with E-state index in [4.69, 9.17) is 4.74 Å². The van der Waals surface area contributed by atoms with E-state index in [1.807, 2.05) is 18.5 Å². The summed E-state index contributed by atoms with van der Waals surface area (Å²) in [5.41, 5.74) is 1.28. The van der Waals surface area contributed by atoms with Crippen molar-refractivity contribution in [3.05, 3.63) is 30.1 Å². The van der Waals surface area contributed by atoms with Crippen LogP contribution in [0, 0.1) is 5.92 Å². The summed E-state index contributed by atoms with van der Waals surface area (Å²) in [6, 6.07) is 4.13. The molecular formula is C13H21N3O. The van der Waals surface area contributed by atoms with E-state index in [0.717, 1.165) is 39.3 Å². The second kappa shape index (κ2) is 6.69. The third-order valence-corrected chi connectivity index (χ3v) is 3.09. The van der Waals surface area contributed by atoms with Crippen molar-refractivity contribution in [3.63, 3.8) is 0 Å². The normalized spacial score (nSPS) is 22.3. The summed E-state index contributed by atoms with van der Waals surface area (Å²) >= 11 is 0. The van der Waals surface area contributed by atoms with Crippen molar-refractivity contribution in [1.29, 1.82) is 0 Å². The van der Waals surface area contributed by atoms with Crippen molar-refractivity contribution >= 4 is 0 Å². The fourth-order valence-corrected chi connectivity index (χ4v) is 2.31. The zero-order valence-electron chi connectivity index (χ0n) is 10.4. The van der Waals surface area contributed by atoms with Crippen molar-refractivity contribution in [2.75, 3.05) is 39.9 Å². The van der Waals surface area contributed by atoms with E-state index < -0.39 is 0 Å². The van der Waals surface area contributed by atoms with Crippen molar-refractivity contribution in [3.8, 4) is 0 Å². The molecule has 1 aliphatic rings. The van der Waals surface area contributed by atoms with Gasteiger partial charge >= 0.3 is 0 Å². The summed E-state index contributed by atoms with van der Waals surface area (Å²) in [5, 5.41) is 3.46. The number of aromatic nitrogens is 1. The molecule has 2 rings (SSSR count). The number of methoxy groups -OCH3 is 1. The highest BCUT2D eigenvalue weighted by atomic mass is 16.5. The molecule has 0 bridgehead atoms. The van der Waals surface area contributed by atoms with Gasteiger partial charge in [0.15, 0.2) is 0 Å². The van der Waals surface area contributed by atoms with Gasteiger partial charge in [-0.2, -0.15) is 0 Å². The van der Waals surface area contributed by atoms with Gasteiger partial charge < -0.3 is 10.1 Å². The minimum atomic E-state index is 0.583. The monoisotopic (exact) mass is 235 g/mol. The van der Waals surface area contributed by atoms with Gasteiger partial charge in [0.1, 0.15) is 0 Å². The van der Waals surface area contributed by atoms with Gasteiger partial charge in [0.25, 0.3) is 0 Å². The average Bonchev–Trinajstić information content (AvgIpc) is 2.56. The van der Waals surface area contributed by atoms with Gasteiger partial charge in [-0.25, -0.2) is 0 Å². The van der Waals surface area contributed by atoms with Gasteiger partial charge in [0.05, 0.1) is 6.61 Å². The van der Waals surface area contributed by atoms with Crippen LogP contribution in [0.15, 0.2) is 24.5 Å². The van der Waals surface area contributed by atoms with E-state index in [2.05, 4.69) is 21.3 Å². The number of pyridine rings is 1. The minimum Gasteiger partial charge on any atom is -0.384 e. The molecule has 0 aliphatic carbocycles. The fourth-order valence-electron chi connectivity index (χ4n) is 2.31. The molecule has 1 fully saturated rings. The molecular weight excluding hydrogens is 214 g/mol. The van der Waals surface area contributed by atoms with E-state index in [1.165, 1.54) is 5.56 Å². The SMILES string of the molecule is COC[C@H]1CNCCN(Cc2cccnc2)C1. The first-order valence-corrected chi connectivity index (χ1v) is 6.19. The van der Waals surface area contributed by atoms with Gasteiger partial charge in [0, 0.05) is 58.1 Å². The number of rotatable bonds is 4. The van der Waals surface area contributed by atoms with E-state index in [0.29, 0.717) is 5.92 Å². The maximum absolute atomic E-state index is 5.26. The lowest BCUT2D eigenvalue weighted by Gasteiger charge is -2.23. The number of nitrogens with zero attached hydrogens (tertiary/aromatic N) is 2. The molecule has 1 N–H and O–H groups in total. The molecule has 17 heavy (non-hydrogen) atoms. The highest BCUT2D eigenvalue weighted by molar-refractivity contribution is 5.08. The quantitative estimate of drug-likeness (QED) is 0.835. The Morgan fingerprint density at radius 2 is 2.53 bits per heavy atom. The number of hydrogen-bond acceptors (Lipinski definition) is 4. The third kappa shape index (κ3) is 4.07. The van der Waals surface area contributed by atoms with Crippen molar-refractivity contribution in [1.82, 2.24) is 15.2 Å². The van der Waals surface area contributed by atoms with Crippen LogP contribution in [0.25, 0.3) is 0 Å². The molecule has 2 heterocycles. The Hall–Kier alpha value is -0.970. The van der Waals surface area contributed by atoms with E-state index in [1.54, 1.807) is 7.11 Å². The molecule has 1 aromatic heterocycles. The number of nitrogens with one attached hydrogen (secondary N) is 1. The van der Waals surface area contributed by atoms with Crippen molar-refractivity contribution in [2.45, 2.75) is 6.54 Å². The first kappa shape index (κ1) is 12.5.